The van der Waals surface area contributed by atoms with Crippen molar-refractivity contribution >= 4 is 33.5 Å². The van der Waals surface area contributed by atoms with Gasteiger partial charge in [0.25, 0.3) is 5.91 Å². The molecule has 9 heteroatoms. The summed E-state index contributed by atoms with van der Waals surface area (Å²) in [6.07, 6.45) is 2.75. The van der Waals surface area contributed by atoms with Gasteiger partial charge in [0.15, 0.2) is 6.61 Å². The Balaban J connectivity index is 1.67. The SMILES string of the molecule is CCN(CC)S(=O)(=O)c1ccc(Cl)c(C(=O)OCC(=O)N[C@@H]2CCCc3ccccc32)c1. The topological polar surface area (TPSA) is 92.8 Å². The first kappa shape index (κ1) is 24.2. The van der Waals surface area contributed by atoms with Crippen molar-refractivity contribution in [1.29, 1.82) is 0 Å². The smallest absolute Gasteiger partial charge is 0.340 e. The molecule has 1 aliphatic carbocycles. The largest absolute Gasteiger partial charge is 0.452 e. The first-order valence-electron chi connectivity index (χ1n) is 10.6. The molecule has 1 N–H and O–H groups in total. The first-order chi connectivity index (χ1) is 15.3. The van der Waals surface area contributed by atoms with Gasteiger partial charge in [0.2, 0.25) is 10.0 Å². The summed E-state index contributed by atoms with van der Waals surface area (Å²) in [5.41, 5.74) is 2.19. The number of amides is 1. The number of aryl methyl sites for hydroxylation is 1. The summed E-state index contributed by atoms with van der Waals surface area (Å²) < 4.78 is 31.9. The lowest BCUT2D eigenvalue weighted by Crippen LogP contribution is -2.34. The second-order valence-corrected chi connectivity index (χ2v) is 9.86. The summed E-state index contributed by atoms with van der Waals surface area (Å²) in [5.74, 6) is -1.28. The predicted octanol–water partition coefficient (Wildman–Crippen LogP) is 3.72. The van der Waals surface area contributed by atoms with E-state index in [0.29, 0.717) is 13.1 Å². The lowest BCUT2D eigenvalue weighted by Gasteiger charge is -2.26. The van der Waals surface area contributed by atoms with Gasteiger partial charge in [-0.05, 0) is 48.6 Å². The first-order valence-corrected chi connectivity index (χ1v) is 12.4. The molecule has 2 aromatic rings. The molecule has 0 saturated carbocycles. The fourth-order valence-electron chi connectivity index (χ4n) is 3.88. The van der Waals surface area contributed by atoms with E-state index in [2.05, 4.69) is 11.4 Å². The van der Waals surface area contributed by atoms with Crippen molar-refractivity contribution in [3.63, 3.8) is 0 Å². The van der Waals surface area contributed by atoms with Crippen LogP contribution >= 0.6 is 11.6 Å². The van der Waals surface area contributed by atoms with Crippen LogP contribution in [0.5, 0.6) is 0 Å². The molecule has 0 spiro atoms. The third-order valence-electron chi connectivity index (χ3n) is 5.54. The number of carbonyl (C=O) groups is 2. The van der Waals surface area contributed by atoms with Gasteiger partial charge < -0.3 is 10.1 Å². The van der Waals surface area contributed by atoms with Gasteiger partial charge in [-0.1, -0.05) is 49.7 Å². The third kappa shape index (κ3) is 5.31. The van der Waals surface area contributed by atoms with Gasteiger partial charge >= 0.3 is 5.97 Å². The van der Waals surface area contributed by atoms with E-state index in [0.717, 1.165) is 24.8 Å². The lowest BCUT2D eigenvalue weighted by molar-refractivity contribution is -0.125. The summed E-state index contributed by atoms with van der Waals surface area (Å²) in [6, 6.07) is 11.7. The molecule has 0 aliphatic heterocycles. The summed E-state index contributed by atoms with van der Waals surface area (Å²) in [4.78, 5) is 24.9. The number of esters is 1. The van der Waals surface area contributed by atoms with Crippen LogP contribution in [-0.4, -0.2) is 44.3 Å². The molecule has 32 heavy (non-hydrogen) atoms. The summed E-state index contributed by atoms with van der Waals surface area (Å²) in [6.45, 7) is 3.57. The molecule has 0 heterocycles. The second kappa shape index (κ2) is 10.5. The van der Waals surface area contributed by atoms with Crippen LogP contribution in [-0.2, 0) is 26.0 Å². The minimum absolute atomic E-state index is 0.0510. The maximum atomic E-state index is 12.7. The van der Waals surface area contributed by atoms with E-state index in [9.17, 15) is 18.0 Å². The van der Waals surface area contributed by atoms with Gasteiger partial charge in [0.1, 0.15) is 0 Å². The van der Waals surface area contributed by atoms with Gasteiger partial charge in [0, 0.05) is 13.1 Å². The maximum absolute atomic E-state index is 12.7. The predicted molar refractivity (Wildman–Crippen MR) is 122 cm³/mol. The zero-order valence-corrected chi connectivity index (χ0v) is 19.7. The second-order valence-electron chi connectivity index (χ2n) is 7.52. The number of ether oxygens (including phenoxy) is 1. The normalized spacial score (nSPS) is 15.8. The zero-order valence-electron chi connectivity index (χ0n) is 18.1. The summed E-state index contributed by atoms with van der Waals surface area (Å²) >= 11 is 6.11. The molecule has 7 nitrogen and oxygen atoms in total. The van der Waals surface area contributed by atoms with E-state index in [1.165, 1.54) is 28.1 Å². The Morgan fingerprint density at radius 1 is 1.16 bits per heavy atom. The van der Waals surface area contributed by atoms with Crippen molar-refractivity contribution in [3.05, 3.63) is 64.2 Å². The molecule has 0 bridgehead atoms. The highest BCUT2D eigenvalue weighted by molar-refractivity contribution is 7.89. The molecule has 172 valence electrons. The van der Waals surface area contributed by atoms with Crippen LogP contribution in [0.4, 0.5) is 0 Å². The van der Waals surface area contributed by atoms with Crippen LogP contribution in [0.3, 0.4) is 0 Å². The van der Waals surface area contributed by atoms with Gasteiger partial charge in [-0.2, -0.15) is 4.31 Å². The minimum atomic E-state index is -3.77. The number of sulfonamides is 1. The molecule has 3 rings (SSSR count). The number of hydrogen-bond acceptors (Lipinski definition) is 5. The fourth-order valence-corrected chi connectivity index (χ4v) is 5.56. The van der Waals surface area contributed by atoms with Crippen molar-refractivity contribution in [2.45, 2.75) is 44.0 Å². The van der Waals surface area contributed by atoms with Crippen molar-refractivity contribution in [2.24, 2.45) is 0 Å². The van der Waals surface area contributed by atoms with Crippen LogP contribution < -0.4 is 5.32 Å². The molecule has 2 aromatic carbocycles. The standard InChI is InChI=1S/C23H27ClN2O5S/c1-3-26(4-2)32(29,30)17-12-13-20(24)19(14-17)23(28)31-15-22(27)25-21-11-7-9-16-8-5-6-10-18(16)21/h5-6,8,10,12-14,21H,3-4,7,9,11,15H2,1-2H3,(H,25,27)/t21-/m1/s1. The zero-order chi connectivity index (χ0) is 23.3. The number of benzene rings is 2. The van der Waals surface area contributed by atoms with E-state index < -0.39 is 28.5 Å². The van der Waals surface area contributed by atoms with Crippen molar-refractivity contribution < 1.29 is 22.7 Å². The average molecular weight is 479 g/mol. The number of carbonyl (C=O) groups excluding carboxylic acids is 2. The molecule has 0 unspecified atom stereocenters. The summed E-state index contributed by atoms with van der Waals surface area (Å²) in [5, 5.41) is 2.96. The van der Waals surface area contributed by atoms with Crippen LogP contribution in [0, 0.1) is 0 Å². The van der Waals surface area contributed by atoms with Crippen molar-refractivity contribution in [3.8, 4) is 0 Å². The Bertz CT molecular complexity index is 1100. The third-order valence-corrected chi connectivity index (χ3v) is 7.92. The van der Waals surface area contributed by atoms with E-state index in [1.807, 2.05) is 18.2 Å². The molecular formula is C23H27ClN2O5S. The van der Waals surface area contributed by atoms with Gasteiger partial charge in [-0.15, -0.1) is 0 Å². The molecule has 0 radical (unpaired) electrons. The molecule has 1 amide bonds. The molecule has 1 atom stereocenters. The Labute approximate surface area is 193 Å². The number of halogens is 1. The van der Waals surface area contributed by atoms with E-state index in [-0.39, 0.29) is 21.5 Å². The highest BCUT2D eigenvalue weighted by Crippen LogP contribution is 2.29. The summed E-state index contributed by atoms with van der Waals surface area (Å²) in [7, 11) is -3.77. The van der Waals surface area contributed by atoms with Crippen LogP contribution in [0.15, 0.2) is 47.4 Å². The Hall–Kier alpha value is -2.42. The monoisotopic (exact) mass is 478 g/mol. The number of rotatable bonds is 8. The van der Waals surface area contributed by atoms with E-state index >= 15 is 0 Å². The minimum Gasteiger partial charge on any atom is -0.452 e. The average Bonchev–Trinajstić information content (AvgIpc) is 2.78. The maximum Gasteiger partial charge on any atom is 0.340 e. The number of hydrogen-bond donors (Lipinski definition) is 1. The Kier molecular flexibility index (Phi) is 7.92. The van der Waals surface area contributed by atoms with Gasteiger partial charge in [-0.25, -0.2) is 13.2 Å². The van der Waals surface area contributed by atoms with Gasteiger partial charge in [-0.3, -0.25) is 4.79 Å². The fraction of sp³-hybridized carbons (Fsp3) is 0.391. The molecule has 0 aromatic heterocycles. The van der Waals surface area contributed by atoms with E-state index in [4.69, 9.17) is 16.3 Å². The highest BCUT2D eigenvalue weighted by Gasteiger charge is 2.25. The number of nitrogens with one attached hydrogen (secondary N) is 1. The molecule has 0 fully saturated rings. The Morgan fingerprint density at radius 2 is 1.88 bits per heavy atom. The molecule has 0 saturated heterocycles. The lowest BCUT2D eigenvalue weighted by atomic mass is 9.88. The number of nitrogens with zero attached hydrogens (tertiary/aromatic N) is 1. The van der Waals surface area contributed by atoms with E-state index in [1.54, 1.807) is 13.8 Å². The Morgan fingerprint density at radius 3 is 2.59 bits per heavy atom. The molecule has 1 aliphatic rings. The van der Waals surface area contributed by atoms with Crippen molar-refractivity contribution in [1.82, 2.24) is 9.62 Å². The van der Waals surface area contributed by atoms with Crippen LogP contribution in [0.2, 0.25) is 5.02 Å². The van der Waals surface area contributed by atoms with Crippen LogP contribution in [0.1, 0.15) is 54.2 Å². The molecular weight excluding hydrogens is 452 g/mol. The number of fused-ring (bicyclic) bond motifs is 1. The quantitative estimate of drug-likeness (QED) is 0.583. The highest BCUT2D eigenvalue weighted by atomic mass is 35.5. The van der Waals surface area contributed by atoms with Gasteiger partial charge in [0.05, 0.1) is 21.5 Å². The van der Waals surface area contributed by atoms with Crippen molar-refractivity contribution in [2.75, 3.05) is 19.7 Å². The van der Waals surface area contributed by atoms with Crippen LogP contribution in [0.25, 0.3) is 0 Å².